The van der Waals surface area contributed by atoms with Gasteiger partial charge in [-0.15, -0.1) is 11.8 Å². The molecule has 0 saturated carbocycles. The Labute approximate surface area is 273 Å². The average molecular weight is 658 g/mol. The summed E-state index contributed by atoms with van der Waals surface area (Å²) in [6.07, 6.45) is 2.61. The molecule has 1 atom stereocenters. The van der Waals surface area contributed by atoms with Crippen molar-refractivity contribution in [1.29, 1.82) is 0 Å². The minimum atomic E-state index is -0.653. The molecule has 0 radical (unpaired) electrons. The van der Waals surface area contributed by atoms with E-state index in [0.717, 1.165) is 57.2 Å². The van der Waals surface area contributed by atoms with Crippen molar-refractivity contribution in [3.8, 4) is 17.2 Å². The largest absolute Gasteiger partial charge is 0.493 e. The quantitative estimate of drug-likeness (QED) is 0.208. The van der Waals surface area contributed by atoms with Crippen molar-refractivity contribution in [2.75, 3.05) is 76.9 Å². The second-order valence-electron chi connectivity index (χ2n) is 11.1. The molecule has 1 fully saturated rings. The maximum absolute atomic E-state index is 15.2. The first-order valence-corrected chi connectivity index (χ1v) is 16.5. The number of hydrogen-bond acceptors (Lipinski definition) is 9. The van der Waals surface area contributed by atoms with Crippen LogP contribution in [0.3, 0.4) is 0 Å². The Bertz CT molecular complexity index is 1460. The molecule has 0 aliphatic carbocycles. The van der Waals surface area contributed by atoms with Crippen LogP contribution in [-0.4, -0.2) is 82.4 Å². The van der Waals surface area contributed by atoms with Gasteiger partial charge < -0.3 is 34.2 Å². The fourth-order valence-electron chi connectivity index (χ4n) is 5.60. The lowest BCUT2D eigenvalue weighted by molar-refractivity contribution is 0.130. The molecule has 12 heteroatoms. The molecule has 5 rings (SSSR count). The van der Waals surface area contributed by atoms with Crippen molar-refractivity contribution < 1.29 is 27.4 Å². The number of rotatable bonds is 14. The summed E-state index contributed by atoms with van der Waals surface area (Å²) in [6, 6.07) is 14.2. The van der Waals surface area contributed by atoms with Crippen molar-refractivity contribution in [1.82, 2.24) is 15.1 Å². The number of thioether (sulfide) groups is 1. The van der Waals surface area contributed by atoms with Crippen LogP contribution in [0.25, 0.3) is 0 Å². The second kappa shape index (κ2) is 15.7. The van der Waals surface area contributed by atoms with Crippen LogP contribution in [0.5, 0.6) is 17.2 Å². The van der Waals surface area contributed by atoms with Gasteiger partial charge in [0.1, 0.15) is 29.0 Å². The van der Waals surface area contributed by atoms with Crippen molar-refractivity contribution in [2.24, 2.45) is 0 Å². The summed E-state index contributed by atoms with van der Waals surface area (Å²) in [4.78, 5) is 8.72. The molecular weight excluding hydrogens is 615 g/mol. The van der Waals surface area contributed by atoms with Gasteiger partial charge in [0.25, 0.3) is 0 Å². The number of anilines is 2. The Balaban J connectivity index is 1.23. The molecule has 8 nitrogen and oxygen atoms in total. The minimum Gasteiger partial charge on any atom is -0.493 e. The van der Waals surface area contributed by atoms with Gasteiger partial charge in [-0.25, -0.2) is 13.2 Å². The highest BCUT2D eigenvalue weighted by Gasteiger charge is 2.31. The van der Waals surface area contributed by atoms with Gasteiger partial charge in [-0.1, -0.05) is 6.92 Å². The molecule has 248 valence electrons. The third-order valence-corrected chi connectivity index (χ3v) is 9.46. The predicted molar refractivity (Wildman–Crippen MR) is 178 cm³/mol. The molecule has 2 aliphatic rings. The van der Waals surface area contributed by atoms with Gasteiger partial charge in [-0.2, -0.15) is 0 Å². The lowest BCUT2D eigenvalue weighted by Crippen LogP contribution is -2.46. The monoisotopic (exact) mass is 657 g/mol. The maximum Gasteiger partial charge on any atom is 0.162 e. The van der Waals surface area contributed by atoms with Gasteiger partial charge in [0.05, 0.1) is 20.8 Å². The molecule has 0 amide bonds. The van der Waals surface area contributed by atoms with E-state index >= 15 is 8.78 Å². The molecule has 2 aliphatic heterocycles. The normalized spacial score (nSPS) is 17.1. The maximum atomic E-state index is 15.2. The number of ether oxygens (including phenoxy) is 3. The van der Waals surface area contributed by atoms with Crippen LogP contribution in [0.1, 0.15) is 18.9 Å². The molecule has 0 spiro atoms. The van der Waals surface area contributed by atoms with Gasteiger partial charge in [-0.05, 0) is 49.4 Å². The summed E-state index contributed by atoms with van der Waals surface area (Å²) < 4.78 is 60.9. The number of benzene rings is 3. The van der Waals surface area contributed by atoms with E-state index in [1.54, 1.807) is 26.4 Å². The standard InChI is InChI=1S/C34H42F3N5O3S/c1-5-40-14-16-41(17-15-40)13-6-18-45-27-20-29(36)28(30(37)21-27)23-46-34-38-22-33(42(34)25-9-7-24(35)8-10-25)39(2)26-11-12-31(43-3)32(19-26)44-4/h7-12,19-22,34,38H,5-6,13-18,23H2,1-4H3. The van der Waals surface area contributed by atoms with Gasteiger partial charge in [0.15, 0.2) is 17.0 Å². The average Bonchev–Trinajstić information content (AvgIpc) is 3.50. The SMILES string of the molecule is CCN1CCN(CCCOc2cc(F)c(CSC3NC=C(N(C)c4ccc(OC)c(OC)c4)N3c3ccc(F)cc3)c(F)c2)CC1. The molecule has 0 bridgehead atoms. The van der Waals surface area contributed by atoms with Crippen LogP contribution in [0, 0.1) is 17.5 Å². The summed E-state index contributed by atoms with van der Waals surface area (Å²) >= 11 is 1.32. The van der Waals surface area contributed by atoms with Gasteiger partial charge in [0, 0.05) is 86.9 Å². The van der Waals surface area contributed by atoms with E-state index in [0.29, 0.717) is 23.8 Å². The molecular formula is C34H42F3N5O3S. The smallest absolute Gasteiger partial charge is 0.162 e. The van der Waals surface area contributed by atoms with Gasteiger partial charge in [-0.3, -0.25) is 4.90 Å². The Morgan fingerprint density at radius 3 is 2.22 bits per heavy atom. The second-order valence-corrected chi connectivity index (χ2v) is 12.2. The first-order chi connectivity index (χ1) is 22.3. The van der Waals surface area contributed by atoms with E-state index in [-0.39, 0.29) is 22.9 Å². The Morgan fingerprint density at radius 1 is 0.891 bits per heavy atom. The van der Waals surface area contributed by atoms with Crippen molar-refractivity contribution in [3.05, 3.63) is 89.6 Å². The number of hydrogen-bond donors (Lipinski definition) is 1. The van der Waals surface area contributed by atoms with E-state index in [1.165, 1.54) is 36.0 Å². The zero-order chi connectivity index (χ0) is 32.6. The fourth-order valence-corrected chi connectivity index (χ4v) is 6.74. The van der Waals surface area contributed by atoms with Crippen molar-refractivity contribution in [2.45, 2.75) is 24.6 Å². The van der Waals surface area contributed by atoms with E-state index in [4.69, 9.17) is 14.2 Å². The van der Waals surface area contributed by atoms with Crippen LogP contribution in [0.15, 0.2) is 66.6 Å². The first-order valence-electron chi connectivity index (χ1n) is 15.4. The number of piperazine rings is 1. The molecule has 0 aromatic heterocycles. The Hall–Kier alpha value is -3.74. The molecule has 1 unspecified atom stereocenters. The molecule has 3 aromatic carbocycles. The zero-order valence-corrected chi connectivity index (χ0v) is 27.6. The van der Waals surface area contributed by atoms with Crippen LogP contribution in [0.4, 0.5) is 24.5 Å². The minimum absolute atomic E-state index is 0.0336. The third-order valence-electron chi connectivity index (χ3n) is 8.34. The molecule has 46 heavy (non-hydrogen) atoms. The lowest BCUT2D eigenvalue weighted by atomic mass is 10.2. The van der Waals surface area contributed by atoms with Crippen LogP contribution >= 0.6 is 11.8 Å². The zero-order valence-electron chi connectivity index (χ0n) is 26.8. The van der Waals surface area contributed by atoms with Gasteiger partial charge >= 0.3 is 0 Å². The number of nitrogens with zero attached hydrogens (tertiary/aromatic N) is 4. The highest BCUT2D eigenvalue weighted by molar-refractivity contribution is 7.99. The Kier molecular flexibility index (Phi) is 11.5. The summed E-state index contributed by atoms with van der Waals surface area (Å²) in [5, 5.41) is 3.32. The van der Waals surface area contributed by atoms with E-state index in [9.17, 15) is 4.39 Å². The molecule has 1 N–H and O–H groups in total. The fraction of sp³-hybridized carbons (Fsp3) is 0.412. The topological polar surface area (TPSA) is 52.7 Å². The lowest BCUT2D eigenvalue weighted by Gasteiger charge is -2.33. The van der Waals surface area contributed by atoms with E-state index in [2.05, 4.69) is 22.0 Å². The predicted octanol–water partition coefficient (Wildman–Crippen LogP) is 6.09. The summed E-state index contributed by atoms with van der Waals surface area (Å²) in [7, 11) is 5.04. The molecule has 2 heterocycles. The highest BCUT2D eigenvalue weighted by atomic mass is 32.2. The van der Waals surface area contributed by atoms with E-state index in [1.807, 2.05) is 41.2 Å². The number of methoxy groups -OCH3 is 2. The first kappa shape index (κ1) is 33.6. The number of halogens is 3. The van der Waals surface area contributed by atoms with Crippen LogP contribution in [-0.2, 0) is 5.75 Å². The van der Waals surface area contributed by atoms with E-state index < -0.39 is 17.1 Å². The van der Waals surface area contributed by atoms with Crippen LogP contribution in [0.2, 0.25) is 0 Å². The third kappa shape index (κ3) is 7.97. The Morgan fingerprint density at radius 2 is 1.57 bits per heavy atom. The summed E-state index contributed by atoms with van der Waals surface area (Å²) in [5.41, 5.74) is 1.06. The van der Waals surface area contributed by atoms with Gasteiger partial charge in [0.2, 0.25) is 0 Å². The molecule has 3 aromatic rings. The van der Waals surface area contributed by atoms with Crippen LogP contribution < -0.4 is 29.3 Å². The summed E-state index contributed by atoms with van der Waals surface area (Å²) in [6.45, 7) is 8.73. The number of likely N-dealkylation sites (N-methyl/N-ethyl adjacent to an activating group) is 1. The van der Waals surface area contributed by atoms with Crippen molar-refractivity contribution in [3.63, 3.8) is 0 Å². The summed E-state index contributed by atoms with van der Waals surface area (Å²) in [5.74, 6) is 0.490. The van der Waals surface area contributed by atoms with Crippen molar-refractivity contribution >= 4 is 23.1 Å². The molecule has 1 saturated heterocycles. The highest BCUT2D eigenvalue weighted by Crippen LogP contribution is 2.38. The number of nitrogens with one attached hydrogen (secondary N) is 1.